The van der Waals surface area contributed by atoms with Gasteiger partial charge in [-0.25, -0.2) is 4.98 Å². The predicted molar refractivity (Wildman–Crippen MR) is 37.6 cm³/mol. The van der Waals surface area contributed by atoms with E-state index >= 15 is 0 Å². The molecule has 4 nitrogen and oxygen atoms in total. The Morgan fingerprint density at radius 3 is 3.20 bits per heavy atom. The van der Waals surface area contributed by atoms with E-state index < -0.39 is 0 Å². The largest absolute Gasteiger partial charge is 0.371 e. The summed E-state index contributed by atoms with van der Waals surface area (Å²) in [6, 6.07) is 0. The summed E-state index contributed by atoms with van der Waals surface area (Å²) >= 11 is 0. The van der Waals surface area contributed by atoms with Gasteiger partial charge in [-0.05, 0) is 0 Å². The van der Waals surface area contributed by atoms with Gasteiger partial charge in [-0.3, -0.25) is 4.57 Å². The molecular weight excluding hydrogens is 128 g/mol. The molecule has 0 unspecified atom stereocenters. The van der Waals surface area contributed by atoms with Crippen molar-refractivity contribution in [3.05, 3.63) is 24.9 Å². The highest BCUT2D eigenvalue weighted by molar-refractivity contribution is 5.43. The zero-order valence-corrected chi connectivity index (χ0v) is 5.41. The minimum atomic E-state index is 0.799. The monoisotopic (exact) mass is 136 g/mol. The minimum Gasteiger partial charge on any atom is -0.371 e. The van der Waals surface area contributed by atoms with Gasteiger partial charge in [0.05, 0.1) is 6.67 Å². The third-order valence-corrected chi connectivity index (χ3v) is 1.39. The van der Waals surface area contributed by atoms with Crippen LogP contribution in [0.15, 0.2) is 24.9 Å². The van der Waals surface area contributed by atoms with Gasteiger partial charge in [0.2, 0.25) is 0 Å². The Morgan fingerprint density at radius 2 is 2.60 bits per heavy atom. The van der Waals surface area contributed by atoms with Crippen molar-refractivity contribution >= 4 is 5.82 Å². The Hall–Kier alpha value is -1.45. The Labute approximate surface area is 58.6 Å². The summed E-state index contributed by atoms with van der Waals surface area (Å²) in [5, 5.41) is 6.17. The normalized spacial score (nSPS) is 15.8. The molecule has 0 aliphatic carbocycles. The van der Waals surface area contributed by atoms with E-state index in [2.05, 4.69) is 15.6 Å². The number of rotatable bonds is 1. The molecule has 10 heavy (non-hydrogen) atoms. The van der Waals surface area contributed by atoms with Crippen LogP contribution in [-0.4, -0.2) is 16.2 Å². The van der Waals surface area contributed by atoms with Gasteiger partial charge in [0.1, 0.15) is 12.1 Å². The average molecular weight is 136 g/mol. The van der Waals surface area contributed by atoms with Gasteiger partial charge in [-0.15, -0.1) is 0 Å². The molecule has 1 aliphatic heterocycles. The van der Waals surface area contributed by atoms with E-state index in [4.69, 9.17) is 0 Å². The van der Waals surface area contributed by atoms with Crippen molar-refractivity contribution in [1.29, 1.82) is 0 Å². The van der Waals surface area contributed by atoms with E-state index in [0.29, 0.717) is 0 Å². The van der Waals surface area contributed by atoms with Gasteiger partial charge < -0.3 is 10.6 Å². The highest BCUT2D eigenvalue weighted by Gasteiger charge is 2.01. The lowest BCUT2D eigenvalue weighted by atomic mass is 10.7. The quantitative estimate of drug-likeness (QED) is 0.561. The first kappa shape index (κ1) is 5.34. The second-order valence-electron chi connectivity index (χ2n) is 2.06. The van der Waals surface area contributed by atoms with Crippen LogP contribution in [0.1, 0.15) is 0 Å². The van der Waals surface area contributed by atoms with Crippen molar-refractivity contribution in [2.45, 2.75) is 0 Å². The van der Waals surface area contributed by atoms with Crippen molar-refractivity contribution < 1.29 is 0 Å². The maximum atomic E-state index is 3.92. The third-order valence-electron chi connectivity index (χ3n) is 1.39. The second kappa shape index (κ2) is 2.06. The van der Waals surface area contributed by atoms with Crippen LogP contribution >= 0.6 is 0 Å². The summed E-state index contributed by atoms with van der Waals surface area (Å²) in [5.41, 5.74) is 0. The fourth-order valence-electron chi connectivity index (χ4n) is 0.908. The molecule has 1 aliphatic rings. The zero-order chi connectivity index (χ0) is 6.81. The smallest absolute Gasteiger partial charge is 0.128 e. The first-order chi connectivity index (χ1) is 4.97. The molecule has 2 N–H and O–H groups in total. The molecule has 4 heteroatoms. The van der Waals surface area contributed by atoms with Crippen molar-refractivity contribution in [2.75, 3.05) is 6.67 Å². The molecule has 0 saturated carbocycles. The van der Waals surface area contributed by atoms with E-state index in [9.17, 15) is 0 Å². The lowest BCUT2D eigenvalue weighted by Gasteiger charge is -2.00. The van der Waals surface area contributed by atoms with Crippen molar-refractivity contribution in [2.24, 2.45) is 0 Å². The lowest BCUT2D eigenvalue weighted by molar-refractivity contribution is 0.819. The van der Waals surface area contributed by atoms with E-state index in [1.165, 1.54) is 0 Å². The molecule has 0 radical (unpaired) electrons. The highest BCUT2D eigenvalue weighted by Crippen LogP contribution is 1.99. The molecule has 0 fully saturated rings. The number of imidazole rings is 1. The molecule has 1 aromatic heterocycles. The molecule has 1 aromatic rings. The van der Waals surface area contributed by atoms with Gasteiger partial charge in [0, 0.05) is 18.6 Å². The van der Waals surface area contributed by atoms with Gasteiger partial charge in [0.15, 0.2) is 0 Å². The highest BCUT2D eigenvalue weighted by atomic mass is 15.2. The Kier molecular flexibility index (Phi) is 1.10. The summed E-state index contributed by atoms with van der Waals surface area (Å²) in [4.78, 5) is 3.92. The summed E-state index contributed by atoms with van der Waals surface area (Å²) in [7, 11) is 0. The molecule has 0 bridgehead atoms. The first-order valence-electron chi connectivity index (χ1n) is 3.12. The van der Waals surface area contributed by atoms with Crippen LogP contribution in [0.3, 0.4) is 0 Å². The van der Waals surface area contributed by atoms with Gasteiger partial charge in [-0.1, -0.05) is 0 Å². The number of hydrogen-bond donors (Lipinski definition) is 2. The second-order valence-corrected chi connectivity index (χ2v) is 2.06. The zero-order valence-electron chi connectivity index (χ0n) is 5.41. The molecular formula is C6H8N4. The fourth-order valence-corrected chi connectivity index (χ4v) is 0.908. The standard InChI is InChI=1S/C6H8N4/c1-2-10(5-7-1)6-3-8-4-9-6/h1-3,5,8-9H,4H2. The van der Waals surface area contributed by atoms with Crippen molar-refractivity contribution in [1.82, 2.24) is 20.2 Å². The maximum Gasteiger partial charge on any atom is 0.128 e. The van der Waals surface area contributed by atoms with Crippen LogP contribution in [0.4, 0.5) is 0 Å². The lowest BCUT2D eigenvalue weighted by Crippen LogP contribution is -2.15. The molecule has 2 rings (SSSR count). The van der Waals surface area contributed by atoms with Crippen LogP contribution in [0.2, 0.25) is 0 Å². The molecule has 0 atom stereocenters. The number of nitrogens with one attached hydrogen (secondary N) is 2. The van der Waals surface area contributed by atoms with Gasteiger partial charge in [0.25, 0.3) is 0 Å². The number of hydrogen-bond acceptors (Lipinski definition) is 3. The van der Waals surface area contributed by atoms with E-state index in [0.717, 1.165) is 12.5 Å². The number of nitrogens with zero attached hydrogens (tertiary/aromatic N) is 2. The molecule has 0 aromatic carbocycles. The summed E-state index contributed by atoms with van der Waals surface area (Å²) in [6.45, 7) is 0.799. The minimum absolute atomic E-state index is 0.799. The Bertz CT molecular complexity index is 236. The Morgan fingerprint density at radius 1 is 1.60 bits per heavy atom. The van der Waals surface area contributed by atoms with Crippen LogP contribution in [0.25, 0.3) is 5.82 Å². The van der Waals surface area contributed by atoms with E-state index in [-0.39, 0.29) is 0 Å². The van der Waals surface area contributed by atoms with Crippen molar-refractivity contribution in [3.63, 3.8) is 0 Å². The van der Waals surface area contributed by atoms with Crippen LogP contribution in [-0.2, 0) is 0 Å². The maximum absolute atomic E-state index is 3.92. The average Bonchev–Trinajstić information content (AvgIpc) is 2.59. The van der Waals surface area contributed by atoms with E-state index in [1.54, 1.807) is 12.5 Å². The molecule has 0 saturated heterocycles. The molecule has 0 amide bonds. The molecule has 2 heterocycles. The topological polar surface area (TPSA) is 41.9 Å². The van der Waals surface area contributed by atoms with Crippen LogP contribution < -0.4 is 10.6 Å². The predicted octanol–water partition coefficient (Wildman–Crippen LogP) is -0.211. The summed E-state index contributed by atoms with van der Waals surface area (Å²) in [6.07, 6.45) is 7.32. The van der Waals surface area contributed by atoms with Gasteiger partial charge in [-0.2, -0.15) is 0 Å². The SMILES string of the molecule is C1=C(n2ccnc2)NCN1. The fraction of sp³-hybridized carbons (Fsp3) is 0.167. The molecule has 0 spiro atoms. The van der Waals surface area contributed by atoms with Crippen LogP contribution in [0, 0.1) is 0 Å². The van der Waals surface area contributed by atoms with Crippen molar-refractivity contribution in [3.8, 4) is 0 Å². The number of aromatic nitrogens is 2. The molecule has 52 valence electrons. The van der Waals surface area contributed by atoms with Crippen LogP contribution in [0.5, 0.6) is 0 Å². The third kappa shape index (κ3) is 0.737. The van der Waals surface area contributed by atoms with E-state index in [1.807, 2.05) is 17.0 Å². The summed E-state index contributed by atoms with van der Waals surface area (Å²) < 4.78 is 1.92. The first-order valence-corrected chi connectivity index (χ1v) is 3.12. The summed E-state index contributed by atoms with van der Waals surface area (Å²) in [5.74, 6) is 1.04. The van der Waals surface area contributed by atoms with Gasteiger partial charge >= 0.3 is 0 Å². The Balaban J connectivity index is 2.28.